The number of methoxy groups -OCH3 is 2. The minimum absolute atomic E-state index is 0.120. The molecule has 2 aromatic heterocycles. The summed E-state index contributed by atoms with van der Waals surface area (Å²) in [6.07, 6.45) is 1.75. The minimum Gasteiger partial charge on any atom is -0.494 e. The van der Waals surface area contributed by atoms with Crippen LogP contribution in [0.1, 0.15) is 22.8 Å². The number of halogens is 3. The number of aromatic nitrogens is 2. The number of carbonyl (C=O) groups is 2. The second-order valence-electron chi connectivity index (χ2n) is 9.70. The van der Waals surface area contributed by atoms with Crippen molar-refractivity contribution < 1.29 is 19.1 Å². The average molecular weight is 708 g/mol. The summed E-state index contributed by atoms with van der Waals surface area (Å²) < 4.78 is 11.9. The number of likely N-dealkylation sites (N-methyl/N-ethyl adjacent to an activating group) is 1. The first-order valence-electron chi connectivity index (χ1n) is 13.4. The number of nitrogens with one attached hydrogen (secondary N) is 2. The Morgan fingerprint density at radius 1 is 1.02 bits per heavy atom. The Morgan fingerprint density at radius 3 is 2.28 bits per heavy atom. The van der Waals surface area contributed by atoms with Crippen molar-refractivity contribution in [3.63, 3.8) is 0 Å². The van der Waals surface area contributed by atoms with Crippen molar-refractivity contribution in [1.29, 1.82) is 0 Å². The Hall–Kier alpha value is -3.16. The van der Waals surface area contributed by atoms with Crippen molar-refractivity contribution in [3.8, 4) is 11.5 Å². The Kier molecular flexibility index (Phi) is 9.92. The van der Waals surface area contributed by atoms with Crippen molar-refractivity contribution >= 4 is 89.7 Å². The van der Waals surface area contributed by atoms with Crippen molar-refractivity contribution in [2.75, 3.05) is 57.6 Å². The van der Waals surface area contributed by atoms with Crippen molar-refractivity contribution in [3.05, 3.63) is 61.6 Å². The van der Waals surface area contributed by atoms with Crippen molar-refractivity contribution in [2.24, 2.45) is 0 Å². The van der Waals surface area contributed by atoms with Crippen LogP contribution in [0.4, 0.5) is 17.2 Å². The highest BCUT2D eigenvalue weighted by molar-refractivity contribution is 9.10. The van der Waals surface area contributed by atoms with E-state index in [0.29, 0.717) is 32.5 Å². The molecule has 4 aromatic rings. The summed E-state index contributed by atoms with van der Waals surface area (Å²) in [7, 11) is 2.90. The fourth-order valence-corrected chi connectivity index (χ4v) is 7.38. The molecule has 0 unspecified atom stereocenters. The third-order valence-electron chi connectivity index (χ3n) is 7.23. The van der Waals surface area contributed by atoms with Gasteiger partial charge in [0.1, 0.15) is 20.8 Å². The topological polar surface area (TPSA) is 109 Å². The van der Waals surface area contributed by atoms with Crippen molar-refractivity contribution in [2.45, 2.75) is 13.3 Å². The van der Waals surface area contributed by atoms with E-state index >= 15 is 0 Å². The Morgan fingerprint density at radius 2 is 1.67 bits per heavy atom. The maximum absolute atomic E-state index is 13.4. The SMILES string of the molecule is CCN1CCN(C(=O)Cc2ccc(Nc3ncnc4c(C(=O)Nc5c(Cl)c(OC)c(Br)c(OC)c5Cl)csc34)cc2)CC1. The monoisotopic (exact) mass is 706 g/mol. The first-order chi connectivity index (χ1) is 20.7. The summed E-state index contributed by atoms with van der Waals surface area (Å²) in [4.78, 5) is 39.2. The van der Waals surface area contributed by atoms with Crippen LogP contribution in [0, 0.1) is 0 Å². The zero-order valence-corrected chi connectivity index (χ0v) is 27.6. The van der Waals surface area contributed by atoms with Crippen LogP contribution in [0.3, 0.4) is 0 Å². The van der Waals surface area contributed by atoms with E-state index in [1.165, 1.54) is 31.9 Å². The predicted octanol–water partition coefficient (Wildman–Crippen LogP) is 6.48. The number of carbonyl (C=O) groups excluding carboxylic acids is 2. The number of hydrogen-bond donors (Lipinski definition) is 2. The van der Waals surface area contributed by atoms with Gasteiger partial charge in [-0.05, 0) is 40.2 Å². The highest BCUT2D eigenvalue weighted by atomic mass is 79.9. The molecule has 2 N–H and O–H groups in total. The molecule has 0 saturated carbocycles. The summed E-state index contributed by atoms with van der Waals surface area (Å²) in [6.45, 7) is 6.52. The normalized spacial score (nSPS) is 13.7. The standard InChI is InChI=1S/C29H29BrCl2N6O4S/c1-4-37-9-11-38(12-10-37)19(39)13-16-5-7-17(8-6-16)35-28-27-23(33-15-34-28)18(14-43-27)29(40)36-24-21(31)25(41-2)20(30)26(42-3)22(24)32/h5-8,14-15H,4,9-13H2,1-3H3,(H,36,40)(H,33,34,35). The lowest BCUT2D eigenvalue weighted by Gasteiger charge is -2.34. The Labute approximate surface area is 271 Å². The molecule has 0 spiro atoms. The van der Waals surface area contributed by atoms with E-state index in [1.54, 1.807) is 5.38 Å². The van der Waals surface area contributed by atoms with E-state index in [2.05, 4.69) is 48.4 Å². The molecule has 43 heavy (non-hydrogen) atoms. The van der Waals surface area contributed by atoms with Crippen LogP contribution in [-0.2, 0) is 11.2 Å². The molecule has 2 aromatic carbocycles. The maximum Gasteiger partial charge on any atom is 0.258 e. The van der Waals surface area contributed by atoms with E-state index in [4.69, 9.17) is 32.7 Å². The lowest BCUT2D eigenvalue weighted by atomic mass is 10.1. The van der Waals surface area contributed by atoms with Gasteiger partial charge in [0.25, 0.3) is 5.91 Å². The summed E-state index contributed by atoms with van der Waals surface area (Å²) >= 11 is 17.7. The van der Waals surface area contributed by atoms with Gasteiger partial charge in [-0.2, -0.15) is 0 Å². The van der Waals surface area contributed by atoms with Gasteiger partial charge in [-0.15, -0.1) is 11.3 Å². The molecule has 10 nitrogen and oxygen atoms in total. The van der Waals surface area contributed by atoms with Gasteiger partial charge < -0.3 is 29.9 Å². The largest absolute Gasteiger partial charge is 0.494 e. The number of nitrogens with zero attached hydrogens (tertiary/aromatic N) is 4. The van der Waals surface area contributed by atoms with Gasteiger partial charge in [-0.25, -0.2) is 9.97 Å². The quantitative estimate of drug-likeness (QED) is 0.204. The molecular formula is C29H29BrCl2N6O4S. The molecular weight excluding hydrogens is 679 g/mol. The fourth-order valence-electron chi connectivity index (χ4n) is 4.81. The molecule has 1 saturated heterocycles. The van der Waals surface area contributed by atoms with Gasteiger partial charge >= 0.3 is 0 Å². The second-order valence-corrected chi connectivity index (χ2v) is 12.1. The first-order valence-corrected chi connectivity index (χ1v) is 15.9. The summed E-state index contributed by atoms with van der Waals surface area (Å²) in [5, 5.41) is 8.02. The summed E-state index contributed by atoms with van der Waals surface area (Å²) in [5.41, 5.74) is 2.68. The molecule has 0 aliphatic carbocycles. The van der Waals surface area contributed by atoms with E-state index in [1.807, 2.05) is 29.2 Å². The summed E-state index contributed by atoms with van der Waals surface area (Å²) in [5.74, 6) is 0.770. The molecule has 2 amide bonds. The highest BCUT2D eigenvalue weighted by Gasteiger charge is 2.26. The number of amides is 2. The van der Waals surface area contributed by atoms with E-state index in [0.717, 1.165) is 44.0 Å². The first kappa shape index (κ1) is 31.3. The third-order valence-corrected chi connectivity index (χ3v) is 9.64. The van der Waals surface area contributed by atoms with Crippen LogP contribution in [0.2, 0.25) is 10.0 Å². The number of ether oxygens (including phenoxy) is 2. The van der Waals surface area contributed by atoms with Crippen LogP contribution in [0.5, 0.6) is 11.5 Å². The zero-order chi connectivity index (χ0) is 30.7. The number of anilines is 3. The van der Waals surface area contributed by atoms with Gasteiger partial charge in [-0.3, -0.25) is 9.59 Å². The van der Waals surface area contributed by atoms with E-state index in [-0.39, 0.29) is 33.1 Å². The molecule has 3 heterocycles. The van der Waals surface area contributed by atoms with Gasteiger partial charge in [0.15, 0.2) is 17.3 Å². The molecule has 0 atom stereocenters. The van der Waals surface area contributed by atoms with Gasteiger partial charge in [-0.1, -0.05) is 42.3 Å². The van der Waals surface area contributed by atoms with Crippen LogP contribution in [0.25, 0.3) is 10.2 Å². The maximum atomic E-state index is 13.4. The number of benzene rings is 2. The van der Waals surface area contributed by atoms with Gasteiger partial charge in [0.05, 0.1) is 42.1 Å². The van der Waals surface area contributed by atoms with E-state index < -0.39 is 5.91 Å². The lowest BCUT2D eigenvalue weighted by molar-refractivity contribution is -0.132. The molecule has 5 rings (SSSR count). The number of hydrogen-bond acceptors (Lipinski definition) is 9. The van der Waals surface area contributed by atoms with Crippen LogP contribution >= 0.6 is 50.5 Å². The minimum atomic E-state index is -0.462. The summed E-state index contributed by atoms with van der Waals surface area (Å²) in [6, 6.07) is 7.68. The fraction of sp³-hybridized carbons (Fsp3) is 0.310. The van der Waals surface area contributed by atoms with Gasteiger partial charge in [0, 0.05) is 37.2 Å². The molecule has 14 heteroatoms. The number of rotatable bonds is 9. The average Bonchev–Trinajstić information content (AvgIpc) is 3.46. The predicted molar refractivity (Wildman–Crippen MR) is 175 cm³/mol. The van der Waals surface area contributed by atoms with Gasteiger partial charge in [0.2, 0.25) is 5.91 Å². The Balaban J connectivity index is 1.30. The third kappa shape index (κ3) is 6.53. The van der Waals surface area contributed by atoms with E-state index in [9.17, 15) is 9.59 Å². The lowest BCUT2D eigenvalue weighted by Crippen LogP contribution is -2.48. The van der Waals surface area contributed by atoms with Crippen LogP contribution in [0.15, 0.2) is 40.4 Å². The van der Waals surface area contributed by atoms with Crippen LogP contribution < -0.4 is 20.1 Å². The molecule has 1 aliphatic rings. The number of thiophene rings is 1. The second kappa shape index (κ2) is 13.6. The smallest absolute Gasteiger partial charge is 0.258 e. The molecule has 1 fully saturated rings. The number of fused-ring (bicyclic) bond motifs is 1. The number of piperazine rings is 1. The highest BCUT2D eigenvalue weighted by Crippen LogP contribution is 2.50. The van der Waals surface area contributed by atoms with Crippen molar-refractivity contribution in [1.82, 2.24) is 19.8 Å². The molecule has 0 radical (unpaired) electrons. The Bertz CT molecular complexity index is 1630. The zero-order valence-electron chi connectivity index (χ0n) is 23.7. The molecule has 1 aliphatic heterocycles. The molecule has 226 valence electrons. The molecule has 0 bridgehead atoms. The van der Waals surface area contributed by atoms with Crippen LogP contribution in [-0.4, -0.2) is 78.5 Å².